The average molecular weight is 468 g/mol. The molecule has 0 spiro atoms. The lowest BCUT2D eigenvalue weighted by atomic mass is 10.1. The predicted molar refractivity (Wildman–Crippen MR) is 118 cm³/mol. The first-order valence-electron chi connectivity index (χ1n) is 9.81. The summed E-state index contributed by atoms with van der Waals surface area (Å²) in [5.74, 6) is 1.10. The van der Waals surface area contributed by atoms with Crippen molar-refractivity contribution in [2.45, 2.75) is 44.5 Å². The number of amides is 1. The molecular formula is C21H20F3N3O2S2. The summed E-state index contributed by atoms with van der Waals surface area (Å²) in [6, 6.07) is 3.74. The number of thioether (sulfide) groups is 1. The fourth-order valence-corrected chi connectivity index (χ4v) is 5.76. The maximum atomic E-state index is 13.0. The van der Waals surface area contributed by atoms with Crippen molar-refractivity contribution in [3.63, 3.8) is 0 Å². The van der Waals surface area contributed by atoms with Crippen LogP contribution in [-0.4, -0.2) is 21.6 Å². The second kappa shape index (κ2) is 8.66. The molecule has 3 aromatic rings. The molecule has 0 aliphatic heterocycles. The SMILES string of the molecule is Cc1ccc(NC(=O)CCSCc2nc3sc4c(c3c(=O)[nH]2)CCC4)cc1C(F)(F)F. The molecule has 5 nitrogen and oxygen atoms in total. The number of nitrogens with zero attached hydrogens (tertiary/aromatic N) is 1. The van der Waals surface area contributed by atoms with Gasteiger partial charge in [0.2, 0.25) is 5.91 Å². The van der Waals surface area contributed by atoms with Crippen LogP contribution >= 0.6 is 23.1 Å². The third-order valence-electron chi connectivity index (χ3n) is 5.16. The Morgan fingerprint density at radius 1 is 1.32 bits per heavy atom. The summed E-state index contributed by atoms with van der Waals surface area (Å²) in [6.07, 6.45) is -1.32. The molecule has 0 atom stereocenters. The van der Waals surface area contributed by atoms with E-state index in [1.165, 1.54) is 35.7 Å². The predicted octanol–water partition coefficient (Wildman–Crippen LogP) is 5.06. The van der Waals surface area contributed by atoms with Gasteiger partial charge < -0.3 is 10.3 Å². The molecule has 0 unspecified atom stereocenters. The molecule has 0 saturated heterocycles. The molecule has 1 aromatic carbocycles. The molecule has 2 N–H and O–H groups in total. The number of nitrogens with one attached hydrogen (secondary N) is 2. The molecule has 0 saturated carbocycles. The van der Waals surface area contributed by atoms with Crippen molar-refractivity contribution in [2.75, 3.05) is 11.1 Å². The molecule has 2 heterocycles. The van der Waals surface area contributed by atoms with E-state index in [0.29, 0.717) is 22.7 Å². The van der Waals surface area contributed by atoms with E-state index in [0.717, 1.165) is 35.7 Å². The van der Waals surface area contributed by atoms with Crippen molar-refractivity contribution in [1.82, 2.24) is 9.97 Å². The van der Waals surface area contributed by atoms with E-state index in [1.807, 2.05) is 0 Å². The van der Waals surface area contributed by atoms with Crippen LogP contribution in [0.15, 0.2) is 23.0 Å². The van der Waals surface area contributed by atoms with E-state index in [1.54, 1.807) is 11.3 Å². The van der Waals surface area contributed by atoms with Crippen LogP contribution in [0.3, 0.4) is 0 Å². The minimum Gasteiger partial charge on any atom is -0.326 e. The summed E-state index contributed by atoms with van der Waals surface area (Å²) in [7, 11) is 0. The lowest BCUT2D eigenvalue weighted by Crippen LogP contribution is -2.14. The van der Waals surface area contributed by atoms with E-state index in [-0.39, 0.29) is 29.1 Å². The monoisotopic (exact) mass is 467 g/mol. The highest BCUT2D eigenvalue weighted by atomic mass is 32.2. The number of H-pyrrole nitrogens is 1. The number of benzene rings is 1. The van der Waals surface area contributed by atoms with Gasteiger partial charge in [0.25, 0.3) is 5.56 Å². The number of alkyl halides is 3. The third kappa shape index (κ3) is 4.79. The van der Waals surface area contributed by atoms with Gasteiger partial charge in [0.05, 0.1) is 16.7 Å². The first-order chi connectivity index (χ1) is 14.7. The van der Waals surface area contributed by atoms with E-state index in [2.05, 4.69) is 15.3 Å². The lowest BCUT2D eigenvalue weighted by molar-refractivity contribution is -0.138. The largest absolute Gasteiger partial charge is 0.416 e. The molecule has 1 aliphatic carbocycles. The highest BCUT2D eigenvalue weighted by Gasteiger charge is 2.32. The third-order valence-corrected chi connectivity index (χ3v) is 7.32. The summed E-state index contributed by atoms with van der Waals surface area (Å²) in [5.41, 5.74) is 0.488. The number of fused-ring (bicyclic) bond motifs is 3. The number of aromatic amines is 1. The summed E-state index contributed by atoms with van der Waals surface area (Å²) in [6.45, 7) is 1.38. The number of thiophene rings is 1. The van der Waals surface area contributed by atoms with Crippen LogP contribution in [0.1, 0.15) is 40.2 Å². The maximum Gasteiger partial charge on any atom is 0.416 e. The van der Waals surface area contributed by atoms with Crippen molar-refractivity contribution >= 4 is 44.9 Å². The van der Waals surface area contributed by atoms with Crippen molar-refractivity contribution in [2.24, 2.45) is 0 Å². The number of aryl methyl sites for hydroxylation is 3. The molecule has 1 amide bonds. The van der Waals surface area contributed by atoms with Gasteiger partial charge in [0, 0.05) is 22.7 Å². The summed E-state index contributed by atoms with van der Waals surface area (Å²) in [4.78, 5) is 34.0. The molecule has 164 valence electrons. The number of halogens is 3. The number of carbonyl (C=O) groups excluding carboxylic acids is 1. The van der Waals surface area contributed by atoms with E-state index < -0.39 is 11.7 Å². The Hall–Kier alpha value is -2.33. The zero-order valence-corrected chi connectivity index (χ0v) is 18.3. The van der Waals surface area contributed by atoms with Crippen LogP contribution in [-0.2, 0) is 29.6 Å². The number of rotatable bonds is 6. The number of hydrogen-bond donors (Lipinski definition) is 2. The second-order valence-electron chi connectivity index (χ2n) is 7.43. The molecule has 2 aromatic heterocycles. The Kier molecular flexibility index (Phi) is 6.11. The standard InChI is InChI=1S/C21H20F3N3O2S2/c1-11-5-6-12(9-14(11)21(22,23)24)25-17(28)7-8-30-10-16-26-19(29)18-13-3-2-4-15(13)31-20(18)27-16/h5-6,9H,2-4,7-8,10H2,1H3,(H,25,28)(H,26,27,29). The van der Waals surface area contributed by atoms with Gasteiger partial charge in [-0.3, -0.25) is 9.59 Å². The van der Waals surface area contributed by atoms with Crippen LogP contribution in [0.25, 0.3) is 10.2 Å². The quantitative estimate of drug-likeness (QED) is 0.497. The van der Waals surface area contributed by atoms with Gasteiger partial charge in [0.1, 0.15) is 10.7 Å². The molecule has 1 aliphatic rings. The molecule has 0 radical (unpaired) electrons. The average Bonchev–Trinajstić information content (AvgIpc) is 3.26. The Bertz CT molecular complexity index is 1200. The maximum absolute atomic E-state index is 13.0. The molecule has 10 heteroatoms. The minimum absolute atomic E-state index is 0.107. The van der Waals surface area contributed by atoms with Crippen LogP contribution in [0, 0.1) is 6.92 Å². The Morgan fingerprint density at radius 3 is 2.90 bits per heavy atom. The van der Waals surface area contributed by atoms with E-state index >= 15 is 0 Å². The normalized spacial score (nSPS) is 13.5. The van der Waals surface area contributed by atoms with Crippen LogP contribution in [0.2, 0.25) is 0 Å². The molecule has 0 bridgehead atoms. The van der Waals surface area contributed by atoms with Gasteiger partial charge >= 0.3 is 6.18 Å². The van der Waals surface area contributed by atoms with Gasteiger partial charge in [0.15, 0.2) is 0 Å². The van der Waals surface area contributed by atoms with Gasteiger partial charge in [-0.2, -0.15) is 24.9 Å². The summed E-state index contributed by atoms with van der Waals surface area (Å²) in [5, 5.41) is 3.22. The molecule has 31 heavy (non-hydrogen) atoms. The molecular weight excluding hydrogens is 447 g/mol. The van der Waals surface area contributed by atoms with Crippen LogP contribution in [0.5, 0.6) is 0 Å². The lowest BCUT2D eigenvalue weighted by Gasteiger charge is -2.12. The van der Waals surface area contributed by atoms with Crippen molar-refractivity contribution in [1.29, 1.82) is 0 Å². The highest BCUT2D eigenvalue weighted by molar-refractivity contribution is 7.98. The van der Waals surface area contributed by atoms with Crippen molar-refractivity contribution < 1.29 is 18.0 Å². The number of carbonyl (C=O) groups is 1. The summed E-state index contributed by atoms with van der Waals surface area (Å²) < 4.78 is 39.0. The molecule has 0 fully saturated rings. The number of hydrogen-bond acceptors (Lipinski definition) is 5. The van der Waals surface area contributed by atoms with Gasteiger partial charge in [-0.05, 0) is 49.4 Å². The number of aromatic nitrogens is 2. The molecule has 4 rings (SSSR count). The first kappa shape index (κ1) is 21.9. The van der Waals surface area contributed by atoms with E-state index in [4.69, 9.17) is 0 Å². The van der Waals surface area contributed by atoms with Gasteiger partial charge in [-0.1, -0.05) is 6.07 Å². The Balaban J connectivity index is 1.31. The van der Waals surface area contributed by atoms with Crippen molar-refractivity contribution in [3.05, 3.63) is 55.9 Å². The topological polar surface area (TPSA) is 74.8 Å². The van der Waals surface area contributed by atoms with Crippen molar-refractivity contribution in [3.8, 4) is 0 Å². The first-order valence-corrected chi connectivity index (χ1v) is 11.8. The fourth-order valence-electron chi connectivity index (χ4n) is 3.68. The Labute approximate surface area is 184 Å². The summed E-state index contributed by atoms with van der Waals surface area (Å²) >= 11 is 3.01. The van der Waals surface area contributed by atoms with E-state index in [9.17, 15) is 22.8 Å². The minimum atomic E-state index is -4.46. The zero-order valence-electron chi connectivity index (χ0n) is 16.7. The van der Waals surface area contributed by atoms with Gasteiger partial charge in [-0.15, -0.1) is 11.3 Å². The van der Waals surface area contributed by atoms with Gasteiger partial charge in [-0.25, -0.2) is 4.98 Å². The highest BCUT2D eigenvalue weighted by Crippen LogP contribution is 2.35. The number of anilines is 1. The smallest absolute Gasteiger partial charge is 0.326 e. The second-order valence-corrected chi connectivity index (χ2v) is 9.62. The van der Waals surface area contributed by atoms with Crippen LogP contribution < -0.4 is 10.9 Å². The zero-order chi connectivity index (χ0) is 22.2. The van der Waals surface area contributed by atoms with Crippen LogP contribution in [0.4, 0.5) is 18.9 Å². The Morgan fingerprint density at radius 2 is 2.13 bits per heavy atom. The fraction of sp³-hybridized carbons (Fsp3) is 0.381.